The Hall–Kier alpha value is -2.42. The molecule has 1 aliphatic rings. The van der Waals surface area contributed by atoms with E-state index >= 15 is 0 Å². The molecule has 0 saturated carbocycles. The van der Waals surface area contributed by atoms with Gasteiger partial charge in [-0.05, 0) is 35.1 Å². The topological polar surface area (TPSA) is 87.4 Å². The van der Waals surface area contributed by atoms with Gasteiger partial charge < -0.3 is 16.2 Å². The van der Waals surface area contributed by atoms with Crippen LogP contribution in [-0.4, -0.2) is 43.1 Å². The Morgan fingerprint density at radius 3 is 2.16 bits per heavy atom. The summed E-state index contributed by atoms with van der Waals surface area (Å²) in [5.74, 6) is -0.124. The molecular formula is C23H28F3N3O2. The molecule has 0 radical (unpaired) electrons. The normalized spacial score (nSPS) is 15.3. The van der Waals surface area contributed by atoms with Crippen LogP contribution in [0, 0.1) is 0 Å². The lowest BCUT2D eigenvalue weighted by molar-refractivity contribution is -0.133. The number of nitrogens with two attached hydrogens (primary N) is 1. The first-order valence-electron chi connectivity index (χ1n) is 10.4. The molecular weight excluding hydrogens is 407 g/mol. The van der Waals surface area contributed by atoms with Crippen molar-refractivity contribution < 1.29 is 23.1 Å². The van der Waals surface area contributed by atoms with E-state index in [9.17, 15) is 23.1 Å². The van der Waals surface area contributed by atoms with Crippen molar-refractivity contribution in [3.8, 4) is 11.1 Å². The van der Waals surface area contributed by atoms with E-state index in [1.807, 2.05) is 48.5 Å². The first-order chi connectivity index (χ1) is 14.8. The SMILES string of the molecule is NCCC(=O)NCCCCC1(C(O)NCC(F)(F)F)c2ccccc2-c2ccccc21. The molecule has 1 amide bonds. The van der Waals surface area contributed by atoms with Crippen molar-refractivity contribution in [3.05, 3.63) is 59.7 Å². The lowest BCUT2D eigenvalue weighted by Crippen LogP contribution is -2.51. The Morgan fingerprint density at radius 2 is 1.61 bits per heavy atom. The molecule has 0 bridgehead atoms. The Morgan fingerprint density at radius 1 is 1.03 bits per heavy atom. The fourth-order valence-corrected chi connectivity index (χ4v) is 4.42. The van der Waals surface area contributed by atoms with Crippen molar-refractivity contribution in [2.45, 2.75) is 43.5 Å². The molecule has 0 aliphatic heterocycles. The van der Waals surface area contributed by atoms with Crippen LogP contribution in [-0.2, 0) is 10.2 Å². The van der Waals surface area contributed by atoms with Crippen LogP contribution in [0.1, 0.15) is 36.8 Å². The van der Waals surface area contributed by atoms with Crippen molar-refractivity contribution in [3.63, 3.8) is 0 Å². The quantitative estimate of drug-likeness (QED) is 0.341. The van der Waals surface area contributed by atoms with E-state index in [1.54, 1.807) is 0 Å². The average Bonchev–Trinajstić information content (AvgIpc) is 3.03. The second-order valence-electron chi connectivity index (χ2n) is 7.81. The van der Waals surface area contributed by atoms with Crippen LogP contribution >= 0.6 is 0 Å². The maximum atomic E-state index is 12.9. The highest BCUT2D eigenvalue weighted by molar-refractivity contribution is 5.81. The van der Waals surface area contributed by atoms with E-state index < -0.39 is 24.4 Å². The average molecular weight is 435 g/mol. The van der Waals surface area contributed by atoms with Crippen LogP contribution in [0.5, 0.6) is 0 Å². The minimum Gasteiger partial charge on any atom is -0.377 e. The van der Waals surface area contributed by atoms with E-state index in [0.29, 0.717) is 25.8 Å². The maximum Gasteiger partial charge on any atom is 0.401 e. The first-order valence-corrected chi connectivity index (χ1v) is 10.4. The molecule has 1 unspecified atom stereocenters. The molecule has 5 nitrogen and oxygen atoms in total. The van der Waals surface area contributed by atoms with Gasteiger partial charge in [0.15, 0.2) is 0 Å². The molecule has 3 rings (SSSR count). The van der Waals surface area contributed by atoms with Gasteiger partial charge in [-0.3, -0.25) is 10.1 Å². The number of hydrogen-bond acceptors (Lipinski definition) is 4. The number of aliphatic hydroxyl groups excluding tert-OH is 1. The Kier molecular flexibility index (Phi) is 7.35. The van der Waals surface area contributed by atoms with Crippen LogP contribution in [0.15, 0.2) is 48.5 Å². The molecule has 0 fully saturated rings. The van der Waals surface area contributed by atoms with Crippen molar-refractivity contribution in [1.29, 1.82) is 0 Å². The minimum atomic E-state index is -4.44. The summed E-state index contributed by atoms with van der Waals surface area (Å²) in [6, 6.07) is 15.0. The fraction of sp³-hybridized carbons (Fsp3) is 0.435. The van der Waals surface area contributed by atoms with Gasteiger partial charge in [-0.1, -0.05) is 55.0 Å². The fourth-order valence-electron chi connectivity index (χ4n) is 4.42. The molecule has 1 atom stereocenters. The summed E-state index contributed by atoms with van der Waals surface area (Å²) in [6.07, 6.45) is -3.94. The summed E-state index contributed by atoms with van der Waals surface area (Å²) < 4.78 is 38.7. The number of benzene rings is 2. The van der Waals surface area contributed by atoms with Crippen LogP contribution in [0.25, 0.3) is 11.1 Å². The highest BCUT2D eigenvalue weighted by Gasteiger charge is 2.48. The largest absolute Gasteiger partial charge is 0.401 e. The molecule has 0 heterocycles. The van der Waals surface area contributed by atoms with E-state index in [1.165, 1.54) is 0 Å². The monoisotopic (exact) mass is 435 g/mol. The zero-order chi connectivity index (χ0) is 22.5. The van der Waals surface area contributed by atoms with Gasteiger partial charge in [0.2, 0.25) is 5.91 Å². The zero-order valence-electron chi connectivity index (χ0n) is 17.2. The smallest absolute Gasteiger partial charge is 0.377 e. The molecule has 1 aliphatic carbocycles. The number of carbonyl (C=O) groups excluding carboxylic acids is 1. The van der Waals surface area contributed by atoms with Gasteiger partial charge in [0.25, 0.3) is 0 Å². The lowest BCUT2D eigenvalue weighted by atomic mass is 9.72. The van der Waals surface area contributed by atoms with E-state index in [-0.39, 0.29) is 18.9 Å². The second-order valence-corrected chi connectivity index (χ2v) is 7.81. The number of fused-ring (bicyclic) bond motifs is 3. The summed E-state index contributed by atoms with van der Waals surface area (Å²) in [7, 11) is 0. The third-order valence-corrected chi connectivity index (χ3v) is 5.76. The summed E-state index contributed by atoms with van der Waals surface area (Å²) in [6.45, 7) is -0.556. The molecule has 168 valence electrons. The van der Waals surface area contributed by atoms with Crippen LogP contribution in [0.4, 0.5) is 13.2 Å². The third kappa shape index (κ3) is 5.08. The van der Waals surface area contributed by atoms with Crippen LogP contribution in [0.3, 0.4) is 0 Å². The van der Waals surface area contributed by atoms with Gasteiger partial charge in [0, 0.05) is 19.5 Å². The number of alkyl halides is 3. The molecule has 2 aromatic carbocycles. The minimum absolute atomic E-state index is 0.124. The number of rotatable bonds is 10. The number of nitrogens with one attached hydrogen (secondary N) is 2. The molecule has 8 heteroatoms. The summed E-state index contributed by atoms with van der Waals surface area (Å²) in [5, 5.41) is 16.2. The number of unbranched alkanes of at least 4 members (excludes halogenated alkanes) is 1. The Bertz CT molecular complexity index is 856. The number of hydrogen-bond donors (Lipinski definition) is 4. The van der Waals surface area contributed by atoms with Crippen molar-refractivity contribution in [2.75, 3.05) is 19.6 Å². The van der Waals surface area contributed by atoms with Crippen LogP contribution < -0.4 is 16.4 Å². The molecule has 31 heavy (non-hydrogen) atoms. The maximum absolute atomic E-state index is 12.9. The third-order valence-electron chi connectivity index (χ3n) is 5.76. The molecule has 0 aromatic heterocycles. The first kappa shape index (κ1) is 23.2. The highest BCUT2D eigenvalue weighted by Crippen LogP contribution is 2.52. The van der Waals surface area contributed by atoms with Gasteiger partial charge in [-0.25, -0.2) is 0 Å². The van der Waals surface area contributed by atoms with Crippen molar-refractivity contribution in [1.82, 2.24) is 10.6 Å². The predicted molar refractivity (Wildman–Crippen MR) is 113 cm³/mol. The highest BCUT2D eigenvalue weighted by atomic mass is 19.4. The summed E-state index contributed by atoms with van der Waals surface area (Å²) >= 11 is 0. The number of aliphatic hydroxyl groups is 1. The van der Waals surface area contributed by atoms with E-state index in [4.69, 9.17) is 5.73 Å². The van der Waals surface area contributed by atoms with Gasteiger partial charge >= 0.3 is 6.18 Å². The van der Waals surface area contributed by atoms with Gasteiger partial charge in [0.05, 0.1) is 12.0 Å². The summed E-state index contributed by atoms with van der Waals surface area (Å²) in [5.41, 5.74) is 7.81. The van der Waals surface area contributed by atoms with Crippen LogP contribution in [0.2, 0.25) is 0 Å². The number of halogens is 3. The standard InChI is InChI=1S/C23H28F3N3O2/c24-23(25,26)15-29-21(31)22(12-5-6-14-28-20(30)11-13-27)18-9-3-1-7-16(18)17-8-2-4-10-19(17)22/h1-4,7-10,21,29,31H,5-6,11-15,27H2,(H,28,30). The van der Waals surface area contributed by atoms with Gasteiger partial charge in [-0.15, -0.1) is 0 Å². The van der Waals surface area contributed by atoms with E-state index in [2.05, 4.69) is 10.6 Å². The molecule has 0 spiro atoms. The van der Waals surface area contributed by atoms with Crippen molar-refractivity contribution in [2.24, 2.45) is 5.73 Å². The number of carbonyl (C=O) groups is 1. The lowest BCUT2D eigenvalue weighted by Gasteiger charge is -2.37. The van der Waals surface area contributed by atoms with Crippen molar-refractivity contribution >= 4 is 5.91 Å². The molecule has 5 N–H and O–H groups in total. The van der Waals surface area contributed by atoms with Gasteiger partial charge in [-0.2, -0.15) is 13.2 Å². The zero-order valence-corrected chi connectivity index (χ0v) is 17.2. The Labute approximate surface area is 179 Å². The number of amides is 1. The molecule has 0 saturated heterocycles. The second kappa shape index (κ2) is 9.80. The van der Waals surface area contributed by atoms with E-state index in [0.717, 1.165) is 22.3 Å². The van der Waals surface area contributed by atoms with Gasteiger partial charge in [0.1, 0.15) is 6.23 Å². The molecule has 2 aromatic rings. The Balaban J connectivity index is 1.86. The summed E-state index contributed by atoms with van der Waals surface area (Å²) in [4.78, 5) is 11.6. The predicted octanol–water partition coefficient (Wildman–Crippen LogP) is 3.06.